The van der Waals surface area contributed by atoms with Gasteiger partial charge in [-0.05, 0) is 23.8 Å². The van der Waals surface area contributed by atoms with E-state index in [1.54, 1.807) is 0 Å². The molecule has 0 radical (unpaired) electrons. The Morgan fingerprint density at radius 2 is 2.35 bits per heavy atom. The van der Waals surface area contributed by atoms with Crippen molar-refractivity contribution >= 4 is 11.8 Å². The molecule has 3 nitrogen and oxygen atoms in total. The van der Waals surface area contributed by atoms with E-state index in [-0.39, 0.29) is 0 Å². The predicted molar refractivity (Wildman–Crippen MR) is 70.0 cm³/mol. The second-order valence-electron chi connectivity index (χ2n) is 4.22. The van der Waals surface area contributed by atoms with Gasteiger partial charge in [0, 0.05) is 29.2 Å². The maximum Gasteiger partial charge on any atom is 0.0532 e. The van der Waals surface area contributed by atoms with Crippen LogP contribution >= 0.6 is 11.8 Å². The van der Waals surface area contributed by atoms with Gasteiger partial charge in [-0.1, -0.05) is 18.2 Å². The molecule has 0 saturated carbocycles. The van der Waals surface area contributed by atoms with Crippen molar-refractivity contribution in [3.63, 3.8) is 0 Å². The van der Waals surface area contributed by atoms with Crippen molar-refractivity contribution in [3.05, 3.63) is 47.8 Å². The van der Waals surface area contributed by atoms with Crippen LogP contribution in [0.15, 0.2) is 41.6 Å². The lowest BCUT2D eigenvalue weighted by Gasteiger charge is -2.25. The first-order chi connectivity index (χ1) is 8.43. The van der Waals surface area contributed by atoms with Crippen LogP contribution in [-0.2, 0) is 6.54 Å². The highest BCUT2D eigenvalue weighted by atomic mass is 32.2. The number of benzene rings is 1. The average molecular weight is 245 g/mol. The summed E-state index contributed by atoms with van der Waals surface area (Å²) in [5, 5.41) is 10.4. The minimum Gasteiger partial charge on any atom is -0.306 e. The van der Waals surface area contributed by atoms with E-state index < -0.39 is 0 Å². The molecule has 1 unspecified atom stereocenters. The van der Waals surface area contributed by atoms with Crippen LogP contribution < -0.4 is 5.32 Å². The van der Waals surface area contributed by atoms with Gasteiger partial charge in [0.05, 0.1) is 6.20 Å². The molecule has 1 aromatic carbocycles. The van der Waals surface area contributed by atoms with Gasteiger partial charge in [0.2, 0.25) is 0 Å². The van der Waals surface area contributed by atoms with Gasteiger partial charge in [0.1, 0.15) is 0 Å². The molecule has 2 heterocycles. The number of aromatic amines is 1. The molecule has 2 N–H and O–H groups in total. The number of hydrogen-bond acceptors (Lipinski definition) is 3. The maximum atomic E-state index is 3.96. The Morgan fingerprint density at radius 1 is 1.41 bits per heavy atom. The van der Waals surface area contributed by atoms with Gasteiger partial charge >= 0.3 is 0 Å². The van der Waals surface area contributed by atoms with E-state index in [2.05, 4.69) is 39.8 Å². The molecular formula is C13H15N3S. The largest absolute Gasteiger partial charge is 0.306 e. The summed E-state index contributed by atoms with van der Waals surface area (Å²) in [5.41, 5.74) is 2.65. The molecule has 3 rings (SSSR count). The fraction of sp³-hybridized carbons (Fsp3) is 0.308. The fourth-order valence-electron chi connectivity index (χ4n) is 2.17. The highest BCUT2D eigenvalue weighted by Gasteiger charge is 2.19. The van der Waals surface area contributed by atoms with Crippen LogP contribution in [0.4, 0.5) is 0 Å². The van der Waals surface area contributed by atoms with E-state index in [1.807, 2.05) is 24.2 Å². The topological polar surface area (TPSA) is 40.7 Å². The lowest BCUT2D eigenvalue weighted by atomic mass is 10.0. The van der Waals surface area contributed by atoms with E-state index in [9.17, 15) is 0 Å². The average Bonchev–Trinajstić information content (AvgIpc) is 2.89. The SMILES string of the molecule is c1ccc2c(c1)SCCC2NCc1cn[nH]c1. The molecule has 88 valence electrons. The Balaban J connectivity index is 1.72. The summed E-state index contributed by atoms with van der Waals surface area (Å²) in [6.45, 7) is 0.875. The molecule has 0 saturated heterocycles. The Morgan fingerprint density at radius 3 is 3.24 bits per heavy atom. The third-order valence-electron chi connectivity index (χ3n) is 3.07. The molecule has 1 aliphatic rings. The Bertz CT molecular complexity index is 481. The number of thioether (sulfide) groups is 1. The third kappa shape index (κ3) is 2.37. The summed E-state index contributed by atoms with van der Waals surface area (Å²) in [7, 11) is 0. The number of hydrogen-bond donors (Lipinski definition) is 2. The zero-order chi connectivity index (χ0) is 11.5. The minimum absolute atomic E-state index is 0.474. The fourth-order valence-corrected chi connectivity index (χ4v) is 3.29. The molecule has 0 aliphatic carbocycles. The smallest absolute Gasteiger partial charge is 0.0532 e. The second-order valence-corrected chi connectivity index (χ2v) is 5.35. The molecule has 1 atom stereocenters. The summed E-state index contributed by atoms with van der Waals surface area (Å²) in [6, 6.07) is 9.16. The molecule has 1 aliphatic heterocycles. The van der Waals surface area contributed by atoms with Crippen molar-refractivity contribution in [1.82, 2.24) is 15.5 Å². The zero-order valence-corrected chi connectivity index (χ0v) is 10.3. The number of H-pyrrole nitrogens is 1. The summed E-state index contributed by atoms with van der Waals surface area (Å²) in [6.07, 6.45) is 5.01. The summed E-state index contributed by atoms with van der Waals surface area (Å²) >= 11 is 1.96. The molecule has 2 aromatic rings. The summed E-state index contributed by atoms with van der Waals surface area (Å²) in [5.74, 6) is 1.19. The first-order valence-corrected chi connectivity index (χ1v) is 6.85. The van der Waals surface area contributed by atoms with Crippen molar-refractivity contribution in [3.8, 4) is 0 Å². The van der Waals surface area contributed by atoms with E-state index in [4.69, 9.17) is 0 Å². The van der Waals surface area contributed by atoms with Crippen molar-refractivity contribution in [2.24, 2.45) is 0 Å². The summed E-state index contributed by atoms with van der Waals surface area (Å²) < 4.78 is 0. The number of fused-ring (bicyclic) bond motifs is 1. The van der Waals surface area contributed by atoms with Crippen LogP contribution in [0.25, 0.3) is 0 Å². The van der Waals surface area contributed by atoms with Crippen LogP contribution in [-0.4, -0.2) is 16.0 Å². The van der Waals surface area contributed by atoms with E-state index >= 15 is 0 Å². The van der Waals surface area contributed by atoms with Crippen LogP contribution in [0.2, 0.25) is 0 Å². The van der Waals surface area contributed by atoms with Gasteiger partial charge in [-0.15, -0.1) is 11.8 Å². The first-order valence-electron chi connectivity index (χ1n) is 5.86. The molecule has 0 amide bonds. The van der Waals surface area contributed by atoms with E-state index in [0.29, 0.717) is 6.04 Å². The second kappa shape index (κ2) is 4.94. The zero-order valence-electron chi connectivity index (χ0n) is 9.52. The van der Waals surface area contributed by atoms with Gasteiger partial charge in [0.15, 0.2) is 0 Å². The van der Waals surface area contributed by atoms with Crippen LogP contribution in [0, 0.1) is 0 Å². The molecular weight excluding hydrogens is 230 g/mol. The molecule has 4 heteroatoms. The highest BCUT2D eigenvalue weighted by molar-refractivity contribution is 7.99. The van der Waals surface area contributed by atoms with E-state index in [0.717, 1.165) is 6.54 Å². The first kappa shape index (κ1) is 10.9. The van der Waals surface area contributed by atoms with Gasteiger partial charge in [-0.3, -0.25) is 5.10 Å². The number of aromatic nitrogens is 2. The Hall–Kier alpha value is -1.26. The van der Waals surface area contributed by atoms with Crippen molar-refractivity contribution < 1.29 is 0 Å². The highest BCUT2D eigenvalue weighted by Crippen LogP contribution is 2.35. The quantitative estimate of drug-likeness (QED) is 0.873. The molecule has 0 spiro atoms. The normalized spacial score (nSPS) is 18.9. The number of nitrogens with zero attached hydrogens (tertiary/aromatic N) is 1. The lowest BCUT2D eigenvalue weighted by molar-refractivity contribution is 0.510. The molecule has 1 aromatic heterocycles. The molecule has 0 fully saturated rings. The van der Waals surface area contributed by atoms with E-state index in [1.165, 1.54) is 28.2 Å². The number of nitrogens with one attached hydrogen (secondary N) is 2. The third-order valence-corrected chi connectivity index (χ3v) is 4.19. The maximum absolute atomic E-state index is 3.96. The minimum atomic E-state index is 0.474. The van der Waals surface area contributed by atoms with Crippen molar-refractivity contribution in [2.75, 3.05) is 5.75 Å². The van der Waals surface area contributed by atoms with Crippen molar-refractivity contribution in [2.45, 2.75) is 23.9 Å². The van der Waals surface area contributed by atoms with Gasteiger partial charge in [-0.25, -0.2) is 0 Å². The summed E-state index contributed by atoms with van der Waals surface area (Å²) in [4.78, 5) is 1.42. The van der Waals surface area contributed by atoms with Gasteiger partial charge in [-0.2, -0.15) is 5.10 Å². The molecule has 0 bridgehead atoms. The monoisotopic (exact) mass is 245 g/mol. The standard InChI is InChI=1S/C13H15N3S/c1-2-4-13-11(3-1)12(5-6-17-13)14-7-10-8-15-16-9-10/h1-4,8-9,12,14H,5-7H2,(H,15,16). The lowest BCUT2D eigenvalue weighted by Crippen LogP contribution is -2.23. The van der Waals surface area contributed by atoms with Crippen LogP contribution in [0.1, 0.15) is 23.6 Å². The van der Waals surface area contributed by atoms with Crippen LogP contribution in [0.3, 0.4) is 0 Å². The van der Waals surface area contributed by atoms with Gasteiger partial charge in [0.25, 0.3) is 0 Å². The van der Waals surface area contributed by atoms with Gasteiger partial charge < -0.3 is 5.32 Å². The van der Waals surface area contributed by atoms with Crippen molar-refractivity contribution in [1.29, 1.82) is 0 Å². The van der Waals surface area contributed by atoms with Crippen LogP contribution in [0.5, 0.6) is 0 Å². The molecule has 17 heavy (non-hydrogen) atoms. The Labute approximate surface area is 105 Å². The number of rotatable bonds is 3. The predicted octanol–water partition coefficient (Wildman–Crippen LogP) is 2.74. The Kier molecular flexibility index (Phi) is 3.16.